The number of alkyl halides is 12. The van der Waals surface area contributed by atoms with Gasteiger partial charge in [0.1, 0.15) is 0 Å². The number of hydrogen-bond acceptors (Lipinski definition) is 2. The van der Waals surface area contributed by atoms with Crippen molar-refractivity contribution in [1.82, 2.24) is 0 Å². The Labute approximate surface area is 182 Å². The third kappa shape index (κ3) is 6.01. The minimum absolute atomic E-state index is 0.361. The highest BCUT2D eigenvalue weighted by Crippen LogP contribution is 2.58. The van der Waals surface area contributed by atoms with Gasteiger partial charge in [-0.2, -0.15) is 43.9 Å². The van der Waals surface area contributed by atoms with Gasteiger partial charge in [-0.25, -0.2) is 8.78 Å². The average Bonchev–Trinajstić information content (AvgIpc) is 2.71. The molecule has 0 amide bonds. The van der Waals surface area contributed by atoms with Gasteiger partial charge in [0.25, 0.3) is 0 Å². The van der Waals surface area contributed by atoms with E-state index in [1.807, 2.05) is 6.92 Å². The number of ether oxygens (including phenoxy) is 1. The molecule has 0 aromatic heterocycles. The van der Waals surface area contributed by atoms with E-state index in [-0.39, 0.29) is 5.92 Å². The molecule has 14 heteroatoms. The minimum atomic E-state index is -7.62. The standard InChI is InChI=1S/C19H24F12O2/c1-2-3-4-11-5-7-12(8-6-11)9-13(32)33-10-15(22,23)17(26,27)19(30,31)18(28,29)16(24,25)14(20)21/h11-12,14H,2-10H2,1H3. The predicted molar refractivity (Wildman–Crippen MR) is 91.3 cm³/mol. The fourth-order valence-electron chi connectivity index (χ4n) is 3.55. The van der Waals surface area contributed by atoms with Gasteiger partial charge in [-0.1, -0.05) is 39.0 Å². The first-order valence-electron chi connectivity index (χ1n) is 10.2. The number of hydrogen-bond donors (Lipinski definition) is 0. The van der Waals surface area contributed by atoms with Crippen molar-refractivity contribution < 1.29 is 62.2 Å². The second-order valence-corrected chi connectivity index (χ2v) is 8.25. The molecule has 0 aromatic rings. The first-order valence-corrected chi connectivity index (χ1v) is 10.2. The Morgan fingerprint density at radius 3 is 1.76 bits per heavy atom. The number of halogens is 12. The molecule has 33 heavy (non-hydrogen) atoms. The van der Waals surface area contributed by atoms with Crippen molar-refractivity contribution in [2.75, 3.05) is 6.61 Å². The molecular formula is C19H24F12O2. The zero-order chi connectivity index (χ0) is 25.9. The Balaban J connectivity index is 2.78. The molecule has 2 nitrogen and oxygen atoms in total. The zero-order valence-corrected chi connectivity index (χ0v) is 17.4. The first kappa shape index (κ1) is 29.7. The maximum Gasteiger partial charge on any atom is 0.384 e. The molecular weight excluding hydrogens is 488 g/mol. The van der Waals surface area contributed by atoms with Crippen LogP contribution in [0.3, 0.4) is 0 Å². The van der Waals surface area contributed by atoms with Gasteiger partial charge < -0.3 is 4.74 Å². The largest absolute Gasteiger partial charge is 0.459 e. The maximum absolute atomic E-state index is 13.7. The van der Waals surface area contributed by atoms with Crippen molar-refractivity contribution in [2.45, 2.75) is 94.3 Å². The van der Waals surface area contributed by atoms with Crippen molar-refractivity contribution in [3.8, 4) is 0 Å². The van der Waals surface area contributed by atoms with Crippen LogP contribution in [0.4, 0.5) is 52.7 Å². The van der Waals surface area contributed by atoms with Gasteiger partial charge in [0.05, 0.1) is 0 Å². The topological polar surface area (TPSA) is 26.3 Å². The van der Waals surface area contributed by atoms with Gasteiger partial charge in [0.2, 0.25) is 0 Å². The van der Waals surface area contributed by atoms with Gasteiger partial charge in [0.15, 0.2) is 6.61 Å². The van der Waals surface area contributed by atoms with E-state index >= 15 is 0 Å². The van der Waals surface area contributed by atoms with E-state index < -0.39 is 55.0 Å². The average molecular weight is 512 g/mol. The fourth-order valence-corrected chi connectivity index (χ4v) is 3.55. The molecule has 0 atom stereocenters. The monoisotopic (exact) mass is 512 g/mol. The summed E-state index contributed by atoms with van der Waals surface area (Å²) in [5.41, 5.74) is 0. The SMILES string of the molecule is CCCCC1CCC(CC(=O)OCC(F)(F)C(F)(F)C(F)(F)C(F)(F)C(F)(F)C(F)F)CC1. The van der Waals surface area contributed by atoms with E-state index in [4.69, 9.17) is 0 Å². The molecule has 0 heterocycles. The van der Waals surface area contributed by atoms with Crippen molar-refractivity contribution in [3.63, 3.8) is 0 Å². The second-order valence-electron chi connectivity index (χ2n) is 8.25. The summed E-state index contributed by atoms with van der Waals surface area (Å²) in [6.45, 7) is -0.834. The summed E-state index contributed by atoms with van der Waals surface area (Å²) in [6.07, 6.45) is -0.748. The molecule has 0 saturated heterocycles. The maximum atomic E-state index is 13.7. The Kier molecular flexibility index (Phi) is 9.43. The number of unbranched alkanes of at least 4 members (excludes halogenated alkanes) is 1. The van der Waals surface area contributed by atoms with Gasteiger partial charge in [0, 0.05) is 6.42 Å². The molecule has 1 saturated carbocycles. The summed E-state index contributed by atoms with van der Waals surface area (Å²) in [5, 5.41) is 0. The highest BCUT2D eigenvalue weighted by Gasteiger charge is 2.87. The van der Waals surface area contributed by atoms with E-state index in [0.717, 1.165) is 19.3 Å². The van der Waals surface area contributed by atoms with Crippen LogP contribution in [0.5, 0.6) is 0 Å². The molecule has 0 spiro atoms. The minimum Gasteiger partial charge on any atom is -0.459 e. The molecule has 0 radical (unpaired) electrons. The van der Waals surface area contributed by atoms with Gasteiger partial charge in [-0.05, 0) is 24.7 Å². The molecule has 0 aromatic carbocycles. The number of esters is 1. The fraction of sp³-hybridized carbons (Fsp3) is 0.947. The molecule has 1 aliphatic carbocycles. The van der Waals surface area contributed by atoms with Crippen molar-refractivity contribution >= 4 is 5.97 Å². The number of carbonyl (C=O) groups excluding carboxylic acids is 1. The molecule has 0 bridgehead atoms. The molecule has 0 N–H and O–H groups in total. The van der Waals surface area contributed by atoms with Gasteiger partial charge in [-0.3, -0.25) is 4.79 Å². The lowest BCUT2D eigenvalue weighted by atomic mass is 9.78. The Bertz CT molecular complexity index is 643. The van der Waals surface area contributed by atoms with Crippen LogP contribution in [0.25, 0.3) is 0 Å². The van der Waals surface area contributed by atoms with E-state index in [1.165, 1.54) is 0 Å². The molecule has 1 aliphatic rings. The van der Waals surface area contributed by atoms with Crippen LogP contribution in [0, 0.1) is 11.8 Å². The molecule has 1 rings (SSSR count). The lowest BCUT2D eigenvalue weighted by Crippen LogP contribution is -2.69. The van der Waals surface area contributed by atoms with Crippen LogP contribution in [-0.4, -0.2) is 48.6 Å². The van der Waals surface area contributed by atoms with Crippen LogP contribution in [0.1, 0.15) is 58.3 Å². The van der Waals surface area contributed by atoms with Crippen molar-refractivity contribution in [1.29, 1.82) is 0 Å². The number of rotatable bonds is 12. The summed E-state index contributed by atoms with van der Waals surface area (Å²) >= 11 is 0. The summed E-state index contributed by atoms with van der Waals surface area (Å²) < 4.78 is 161. The molecule has 1 fully saturated rings. The second kappa shape index (κ2) is 10.5. The summed E-state index contributed by atoms with van der Waals surface area (Å²) in [4.78, 5) is 11.7. The first-order chi connectivity index (χ1) is 14.8. The molecule has 0 aliphatic heterocycles. The Morgan fingerprint density at radius 2 is 1.30 bits per heavy atom. The quantitative estimate of drug-likeness (QED) is 0.202. The van der Waals surface area contributed by atoms with Gasteiger partial charge in [-0.15, -0.1) is 0 Å². The summed E-state index contributed by atoms with van der Waals surface area (Å²) in [5.74, 6) is -37.2. The van der Waals surface area contributed by atoms with E-state index in [0.29, 0.717) is 31.6 Å². The van der Waals surface area contributed by atoms with Crippen LogP contribution in [0.2, 0.25) is 0 Å². The number of carbonyl (C=O) groups is 1. The third-order valence-corrected chi connectivity index (χ3v) is 5.74. The lowest BCUT2D eigenvalue weighted by molar-refractivity contribution is -0.414. The Hall–Kier alpha value is -1.37. The van der Waals surface area contributed by atoms with Crippen LogP contribution in [0.15, 0.2) is 0 Å². The van der Waals surface area contributed by atoms with Crippen LogP contribution in [-0.2, 0) is 9.53 Å². The molecule has 196 valence electrons. The Morgan fingerprint density at radius 1 is 0.818 bits per heavy atom. The zero-order valence-electron chi connectivity index (χ0n) is 17.4. The lowest BCUT2D eigenvalue weighted by Gasteiger charge is -2.38. The van der Waals surface area contributed by atoms with E-state index in [9.17, 15) is 57.5 Å². The molecule has 0 unspecified atom stereocenters. The summed E-state index contributed by atoms with van der Waals surface area (Å²) in [6, 6.07) is 0. The van der Waals surface area contributed by atoms with Gasteiger partial charge >= 0.3 is 42.0 Å². The van der Waals surface area contributed by atoms with Crippen LogP contribution < -0.4 is 0 Å². The van der Waals surface area contributed by atoms with Crippen LogP contribution >= 0.6 is 0 Å². The normalized spacial score (nSPS) is 21.4. The van der Waals surface area contributed by atoms with Crippen molar-refractivity contribution in [2.24, 2.45) is 11.8 Å². The predicted octanol–water partition coefficient (Wildman–Crippen LogP) is 7.36. The van der Waals surface area contributed by atoms with Crippen molar-refractivity contribution in [3.05, 3.63) is 0 Å². The van der Waals surface area contributed by atoms with E-state index in [1.54, 1.807) is 0 Å². The highest BCUT2D eigenvalue weighted by atomic mass is 19.4. The van der Waals surface area contributed by atoms with E-state index in [2.05, 4.69) is 4.74 Å². The third-order valence-electron chi connectivity index (χ3n) is 5.74. The summed E-state index contributed by atoms with van der Waals surface area (Å²) in [7, 11) is 0. The highest BCUT2D eigenvalue weighted by molar-refractivity contribution is 5.69. The smallest absolute Gasteiger partial charge is 0.384 e.